The maximum absolute atomic E-state index is 11.0. The molecule has 124 valence electrons. The van der Waals surface area contributed by atoms with Crippen molar-refractivity contribution in [2.45, 2.75) is 9.79 Å². The van der Waals surface area contributed by atoms with E-state index in [4.69, 9.17) is 20.3 Å². The zero-order valence-corrected chi connectivity index (χ0v) is 14.5. The molecule has 0 atom stereocenters. The average molecular weight is 398 g/mol. The predicted octanol–water partition coefficient (Wildman–Crippen LogP) is 1.21. The van der Waals surface area contributed by atoms with Crippen molar-refractivity contribution in [2.75, 3.05) is 0 Å². The first-order valence-corrected chi connectivity index (χ1v) is 11.4. The number of hydrogen-bond donors (Lipinski definition) is 3. The van der Waals surface area contributed by atoms with Crippen LogP contribution in [0.25, 0.3) is 0 Å². The first kappa shape index (κ1) is 18.3. The van der Waals surface area contributed by atoms with Crippen molar-refractivity contribution >= 4 is 48.9 Å². The highest BCUT2D eigenvalue weighted by Gasteiger charge is 2.40. The zero-order chi connectivity index (χ0) is 17.5. The minimum Gasteiger partial charge on any atom is -0.282 e. The van der Waals surface area contributed by atoms with Crippen LogP contribution in [0.5, 0.6) is 0 Å². The number of halogens is 1. The first-order valence-electron chi connectivity index (χ1n) is 5.90. The molecule has 2 aromatic rings. The van der Waals surface area contributed by atoms with Gasteiger partial charge in [-0.3, -0.25) is 9.11 Å². The molecule has 0 aliphatic carbocycles. The Bertz CT molecular complexity index is 843. The van der Waals surface area contributed by atoms with E-state index >= 15 is 0 Å². The largest absolute Gasteiger partial charge is 0.303 e. The molecule has 0 fully saturated rings. The monoisotopic (exact) mass is 397 g/mol. The fraction of sp³-hybridized carbons (Fsp3) is 0. The lowest BCUT2D eigenvalue weighted by Gasteiger charge is -2.11. The zero-order valence-electron chi connectivity index (χ0n) is 11.2. The van der Waals surface area contributed by atoms with Crippen LogP contribution in [-0.2, 0) is 20.2 Å². The van der Waals surface area contributed by atoms with Gasteiger partial charge < -0.3 is 0 Å². The summed E-state index contributed by atoms with van der Waals surface area (Å²) in [5.74, 6) is 0. The van der Waals surface area contributed by atoms with Gasteiger partial charge >= 0.3 is 6.84 Å². The highest BCUT2D eigenvalue weighted by atomic mass is 35.7. The van der Waals surface area contributed by atoms with Gasteiger partial charge in [0.1, 0.15) is 21.8 Å². The Morgan fingerprint density at radius 1 is 0.696 bits per heavy atom. The predicted molar refractivity (Wildman–Crippen MR) is 86.8 cm³/mol. The Balaban J connectivity index is 2.42. The summed E-state index contributed by atoms with van der Waals surface area (Å²) in [4.78, 5) is 9.80. The lowest BCUT2D eigenvalue weighted by molar-refractivity contribution is 0.481. The summed E-state index contributed by atoms with van der Waals surface area (Å²) in [6.07, 6.45) is 0. The topological polar surface area (TPSA) is 129 Å². The van der Waals surface area contributed by atoms with E-state index in [1.54, 1.807) is 0 Å². The second-order valence-corrected chi connectivity index (χ2v) is 11.0. The van der Waals surface area contributed by atoms with Crippen LogP contribution < -0.4 is 10.6 Å². The van der Waals surface area contributed by atoms with Crippen molar-refractivity contribution in [3.63, 3.8) is 0 Å². The summed E-state index contributed by atoms with van der Waals surface area (Å²) in [6, 6.07) is 9.35. The van der Waals surface area contributed by atoms with Gasteiger partial charge in [0.2, 0.25) is 0 Å². The standard InChI is InChI=1S/C12H10ClO7PS2/c13-21(14,9-1-5-11(6-2-9)22(15,16)17)10-3-7-12(8-4-10)23(18,19)20/h1-8,14H,(H-,15,16,17,18,19,20)/p+1. The quantitative estimate of drug-likeness (QED) is 0.522. The summed E-state index contributed by atoms with van der Waals surface area (Å²) in [6.45, 7) is -3.37. The fourth-order valence-electron chi connectivity index (χ4n) is 1.78. The van der Waals surface area contributed by atoms with E-state index in [2.05, 4.69) is 0 Å². The second kappa shape index (κ2) is 6.10. The molecule has 0 heterocycles. The smallest absolute Gasteiger partial charge is 0.282 e. The molecule has 0 amide bonds. The summed E-state index contributed by atoms with van der Waals surface area (Å²) in [5, 5.41) is 0.428. The normalized spacial score (nSPS) is 13.0. The van der Waals surface area contributed by atoms with Crippen molar-refractivity contribution in [2.24, 2.45) is 0 Å². The van der Waals surface area contributed by atoms with Gasteiger partial charge in [0, 0.05) is 0 Å². The van der Waals surface area contributed by atoms with Gasteiger partial charge in [0.15, 0.2) is 0 Å². The Kier molecular flexibility index (Phi) is 4.85. The van der Waals surface area contributed by atoms with Gasteiger partial charge in [-0.15, -0.1) is 0 Å². The number of rotatable bonds is 4. The molecule has 0 spiro atoms. The molecule has 0 saturated heterocycles. The van der Waals surface area contributed by atoms with E-state index in [1.165, 1.54) is 24.3 Å². The third kappa shape index (κ3) is 4.07. The molecular weight excluding hydrogens is 387 g/mol. The van der Waals surface area contributed by atoms with Crippen LogP contribution in [-0.4, -0.2) is 30.8 Å². The molecule has 0 aliphatic heterocycles. The van der Waals surface area contributed by atoms with E-state index in [1.807, 2.05) is 0 Å². The van der Waals surface area contributed by atoms with Crippen LogP contribution in [0.3, 0.4) is 0 Å². The number of hydrogen-bond acceptors (Lipinski definition) is 5. The van der Waals surface area contributed by atoms with Gasteiger partial charge in [-0.1, -0.05) is 0 Å². The molecule has 3 N–H and O–H groups in total. The van der Waals surface area contributed by atoms with E-state index in [0.29, 0.717) is 0 Å². The van der Waals surface area contributed by atoms with E-state index in [9.17, 15) is 21.7 Å². The number of benzene rings is 2. The summed E-state index contributed by atoms with van der Waals surface area (Å²) in [5.41, 5.74) is 0. The Hall–Kier alpha value is -1.06. The van der Waals surface area contributed by atoms with Gasteiger partial charge in [0.25, 0.3) is 20.2 Å². The van der Waals surface area contributed by atoms with E-state index in [-0.39, 0.29) is 20.4 Å². The fourth-order valence-corrected chi connectivity index (χ4v) is 4.80. The minimum absolute atomic E-state index is 0.214. The molecule has 0 aliphatic rings. The van der Waals surface area contributed by atoms with Crippen molar-refractivity contribution in [3.8, 4) is 0 Å². The van der Waals surface area contributed by atoms with E-state index < -0.39 is 27.1 Å². The molecule has 23 heavy (non-hydrogen) atoms. The highest BCUT2D eigenvalue weighted by molar-refractivity contribution is 8.05. The Labute approximate surface area is 138 Å². The molecule has 0 radical (unpaired) electrons. The van der Waals surface area contributed by atoms with Crippen LogP contribution in [0.4, 0.5) is 0 Å². The average Bonchev–Trinajstić information content (AvgIpc) is 2.46. The third-order valence-electron chi connectivity index (χ3n) is 2.95. The van der Waals surface area contributed by atoms with Crippen LogP contribution in [0.1, 0.15) is 0 Å². The van der Waals surface area contributed by atoms with Gasteiger partial charge in [-0.25, -0.2) is 4.89 Å². The minimum atomic E-state index is -4.36. The SMILES string of the molecule is O=S(=O)(O)c1ccc([P+](O)(Cl)c2ccc(S(=O)(=O)O)cc2)cc1. The van der Waals surface area contributed by atoms with Crippen molar-refractivity contribution in [1.29, 1.82) is 0 Å². The van der Waals surface area contributed by atoms with Crippen LogP contribution in [0.15, 0.2) is 58.3 Å². The summed E-state index contributed by atoms with van der Waals surface area (Å²) in [7, 11) is -8.72. The molecule has 2 aromatic carbocycles. The van der Waals surface area contributed by atoms with Crippen molar-refractivity contribution in [1.82, 2.24) is 0 Å². The molecular formula is C12H11ClO7PS2+. The Morgan fingerprint density at radius 2 is 0.957 bits per heavy atom. The molecule has 0 saturated carbocycles. The van der Waals surface area contributed by atoms with E-state index in [0.717, 1.165) is 24.3 Å². The maximum Gasteiger partial charge on any atom is 0.303 e. The van der Waals surface area contributed by atoms with Gasteiger partial charge in [0.05, 0.1) is 9.79 Å². The molecule has 7 nitrogen and oxygen atoms in total. The van der Waals surface area contributed by atoms with Gasteiger partial charge in [-0.05, 0) is 48.5 Å². The van der Waals surface area contributed by atoms with Crippen LogP contribution in [0, 0.1) is 0 Å². The van der Waals surface area contributed by atoms with Crippen LogP contribution >= 0.6 is 18.1 Å². The summed E-state index contributed by atoms with van der Waals surface area (Å²) < 4.78 is 61.8. The van der Waals surface area contributed by atoms with Crippen LogP contribution in [0.2, 0.25) is 0 Å². The van der Waals surface area contributed by atoms with Crippen molar-refractivity contribution < 1.29 is 30.8 Å². The second-order valence-electron chi connectivity index (χ2n) is 4.49. The summed E-state index contributed by atoms with van der Waals surface area (Å²) >= 11 is 6.16. The maximum atomic E-state index is 11.0. The van der Waals surface area contributed by atoms with Crippen molar-refractivity contribution in [3.05, 3.63) is 48.5 Å². The highest BCUT2D eigenvalue weighted by Crippen LogP contribution is 2.57. The lowest BCUT2D eigenvalue weighted by Crippen LogP contribution is -2.18. The molecule has 11 heteroatoms. The Morgan fingerprint density at radius 3 is 1.17 bits per heavy atom. The molecule has 0 aromatic heterocycles. The molecule has 0 unspecified atom stereocenters. The molecule has 0 bridgehead atoms. The third-order valence-corrected chi connectivity index (χ3v) is 7.83. The van der Waals surface area contributed by atoms with Gasteiger partial charge in [-0.2, -0.15) is 16.8 Å². The first-order chi connectivity index (χ1) is 10.4. The molecule has 2 rings (SSSR count). The lowest BCUT2D eigenvalue weighted by atomic mass is 10.4.